The number of hydrogen-bond donors (Lipinski definition) is 1. The fraction of sp³-hybridized carbons (Fsp3) is 0.0741. The first-order valence-corrected chi connectivity index (χ1v) is 11.9. The maximum atomic E-state index is 12.4. The van der Waals surface area contributed by atoms with Gasteiger partial charge in [0, 0.05) is 22.2 Å². The van der Waals surface area contributed by atoms with Crippen LogP contribution in [0.5, 0.6) is 0 Å². The van der Waals surface area contributed by atoms with Gasteiger partial charge in [-0.05, 0) is 43.3 Å². The minimum Gasteiger partial charge on any atom is -0.411 e. The van der Waals surface area contributed by atoms with E-state index in [1.807, 2.05) is 60.7 Å². The van der Waals surface area contributed by atoms with Gasteiger partial charge in [0.25, 0.3) is 5.22 Å². The number of pyridine rings is 1. The van der Waals surface area contributed by atoms with Gasteiger partial charge in [0.2, 0.25) is 11.8 Å². The molecule has 0 atom stereocenters. The Bertz CT molecular complexity index is 1520. The van der Waals surface area contributed by atoms with Crippen molar-refractivity contribution >= 4 is 40.0 Å². The van der Waals surface area contributed by atoms with Crippen LogP contribution in [-0.4, -0.2) is 32.6 Å². The number of benzene rings is 3. The molecule has 0 aliphatic heterocycles. The maximum absolute atomic E-state index is 12.4. The van der Waals surface area contributed by atoms with Crippen molar-refractivity contribution in [2.75, 3.05) is 11.1 Å². The first kappa shape index (κ1) is 22.5. The third-order valence-corrected chi connectivity index (χ3v) is 6.14. The topological polar surface area (TPSA) is 98.0 Å². The smallest absolute Gasteiger partial charge is 0.277 e. The predicted molar refractivity (Wildman–Crippen MR) is 136 cm³/mol. The van der Waals surface area contributed by atoms with Crippen molar-refractivity contribution in [3.05, 3.63) is 90.5 Å². The van der Waals surface area contributed by atoms with Gasteiger partial charge in [0.05, 0.1) is 22.5 Å². The fourth-order valence-electron chi connectivity index (χ4n) is 3.60. The van der Waals surface area contributed by atoms with Crippen LogP contribution < -0.4 is 5.32 Å². The number of hydrogen-bond acceptors (Lipinski definition) is 7. The molecular weight excluding hydrogens is 460 g/mol. The summed E-state index contributed by atoms with van der Waals surface area (Å²) in [7, 11) is 0. The predicted octanol–water partition coefficient (Wildman–Crippen LogP) is 5.89. The molecule has 0 bridgehead atoms. The van der Waals surface area contributed by atoms with E-state index >= 15 is 0 Å². The Kier molecular flexibility index (Phi) is 6.36. The van der Waals surface area contributed by atoms with Gasteiger partial charge in [0.1, 0.15) is 0 Å². The lowest BCUT2D eigenvalue weighted by Gasteiger charge is -2.07. The summed E-state index contributed by atoms with van der Waals surface area (Å²) in [5.74, 6) is 0.223. The number of thioether (sulfide) groups is 1. The molecule has 5 aromatic rings. The quantitative estimate of drug-likeness (QED) is 0.229. The first-order valence-electron chi connectivity index (χ1n) is 10.9. The zero-order chi connectivity index (χ0) is 24.2. The minimum absolute atomic E-state index is 0.0245. The third kappa shape index (κ3) is 5.12. The van der Waals surface area contributed by atoms with Crippen LogP contribution in [0.3, 0.4) is 0 Å². The molecule has 0 unspecified atom stereocenters. The zero-order valence-corrected chi connectivity index (χ0v) is 19.6. The highest BCUT2D eigenvalue weighted by Crippen LogP contribution is 2.32. The molecule has 1 N–H and O–H groups in total. The summed E-state index contributed by atoms with van der Waals surface area (Å²) in [6.07, 6.45) is 0. The van der Waals surface area contributed by atoms with Crippen molar-refractivity contribution in [1.82, 2.24) is 15.2 Å². The van der Waals surface area contributed by atoms with Crippen molar-refractivity contribution in [2.24, 2.45) is 0 Å². The summed E-state index contributed by atoms with van der Waals surface area (Å²) >= 11 is 1.16. The van der Waals surface area contributed by atoms with Gasteiger partial charge in [-0.15, -0.1) is 10.2 Å². The Morgan fingerprint density at radius 1 is 0.914 bits per heavy atom. The van der Waals surface area contributed by atoms with Crippen molar-refractivity contribution in [2.45, 2.75) is 12.1 Å². The summed E-state index contributed by atoms with van der Waals surface area (Å²) in [5, 5.41) is 12.3. The maximum Gasteiger partial charge on any atom is 0.277 e. The average molecular weight is 481 g/mol. The second-order valence-electron chi connectivity index (χ2n) is 7.78. The second-order valence-corrected chi connectivity index (χ2v) is 8.71. The van der Waals surface area contributed by atoms with E-state index in [-0.39, 0.29) is 17.4 Å². The molecule has 3 aromatic carbocycles. The molecule has 172 valence electrons. The number of amides is 1. The van der Waals surface area contributed by atoms with Crippen LogP contribution in [0.4, 0.5) is 5.69 Å². The number of para-hydroxylation sites is 1. The molecule has 7 nitrogen and oxygen atoms in total. The Morgan fingerprint density at radius 3 is 2.43 bits per heavy atom. The van der Waals surface area contributed by atoms with E-state index in [0.717, 1.165) is 39.5 Å². The lowest BCUT2D eigenvalue weighted by Crippen LogP contribution is -2.14. The van der Waals surface area contributed by atoms with Crippen molar-refractivity contribution in [3.8, 4) is 22.7 Å². The molecule has 5 rings (SSSR count). The number of carbonyl (C=O) groups is 2. The summed E-state index contributed by atoms with van der Waals surface area (Å²) in [5.41, 5.74) is 4.61. The summed E-state index contributed by atoms with van der Waals surface area (Å²) in [4.78, 5) is 28.5. The van der Waals surface area contributed by atoms with E-state index in [1.165, 1.54) is 6.92 Å². The summed E-state index contributed by atoms with van der Waals surface area (Å²) < 4.78 is 5.91. The number of Topliss-reactive ketones (excluding diaryl/α,β-unsaturated/α-hetero) is 1. The van der Waals surface area contributed by atoms with Gasteiger partial charge in [-0.1, -0.05) is 60.3 Å². The number of carbonyl (C=O) groups excluding carboxylic acids is 2. The van der Waals surface area contributed by atoms with Crippen molar-refractivity contribution in [1.29, 1.82) is 0 Å². The van der Waals surface area contributed by atoms with E-state index < -0.39 is 0 Å². The lowest BCUT2D eigenvalue weighted by molar-refractivity contribution is -0.113. The second kappa shape index (κ2) is 9.90. The molecule has 1 amide bonds. The van der Waals surface area contributed by atoms with Gasteiger partial charge in [-0.25, -0.2) is 4.98 Å². The van der Waals surface area contributed by atoms with E-state index in [4.69, 9.17) is 9.40 Å². The molecule has 0 aliphatic carbocycles. The van der Waals surface area contributed by atoms with Crippen LogP contribution in [0.1, 0.15) is 17.3 Å². The van der Waals surface area contributed by atoms with Crippen LogP contribution >= 0.6 is 11.8 Å². The van der Waals surface area contributed by atoms with Crippen LogP contribution in [0.2, 0.25) is 0 Å². The van der Waals surface area contributed by atoms with Gasteiger partial charge >= 0.3 is 0 Å². The Balaban J connectivity index is 1.33. The van der Waals surface area contributed by atoms with Crippen molar-refractivity contribution < 1.29 is 14.0 Å². The van der Waals surface area contributed by atoms with Gasteiger partial charge in [-0.2, -0.15) is 0 Å². The van der Waals surface area contributed by atoms with Crippen LogP contribution in [-0.2, 0) is 4.79 Å². The van der Waals surface area contributed by atoms with E-state index in [1.54, 1.807) is 24.3 Å². The number of anilines is 1. The van der Waals surface area contributed by atoms with Gasteiger partial charge in [0.15, 0.2) is 5.78 Å². The van der Waals surface area contributed by atoms with Crippen molar-refractivity contribution in [3.63, 3.8) is 0 Å². The molecule has 0 saturated heterocycles. The van der Waals surface area contributed by atoms with E-state index in [2.05, 4.69) is 15.5 Å². The highest BCUT2D eigenvalue weighted by molar-refractivity contribution is 7.99. The normalized spacial score (nSPS) is 10.9. The molecule has 8 heteroatoms. The highest BCUT2D eigenvalue weighted by atomic mass is 32.2. The molecule has 0 radical (unpaired) electrons. The third-order valence-electron chi connectivity index (χ3n) is 5.32. The molecule has 0 spiro atoms. The Hall–Kier alpha value is -4.30. The molecule has 2 aromatic heterocycles. The largest absolute Gasteiger partial charge is 0.411 e. The fourth-order valence-corrected chi connectivity index (χ4v) is 4.16. The summed E-state index contributed by atoms with van der Waals surface area (Å²) in [6, 6.07) is 26.4. The minimum atomic E-state index is -0.217. The first-order chi connectivity index (χ1) is 17.1. The molecular formula is C27H20N4O3S. The number of nitrogens with zero attached hydrogens (tertiary/aromatic N) is 3. The molecule has 0 saturated carbocycles. The van der Waals surface area contributed by atoms with Gasteiger partial charge < -0.3 is 9.73 Å². The standard InChI is InChI=1S/C27H20N4O3S/c1-17(32)18-11-13-20(14-12-18)28-25(33)16-35-27-31-30-26(34-27)22-15-24(19-7-3-2-4-8-19)29-23-10-6-5-9-21(22)23/h2-15H,16H2,1H3,(H,28,33). The van der Waals surface area contributed by atoms with Crippen LogP contribution in [0.15, 0.2) is 94.6 Å². The lowest BCUT2D eigenvalue weighted by atomic mass is 10.0. The SMILES string of the molecule is CC(=O)c1ccc(NC(=O)CSc2nnc(-c3cc(-c4ccccc4)nc4ccccc34)o2)cc1. The number of rotatable bonds is 7. The molecule has 0 fully saturated rings. The average Bonchev–Trinajstić information content (AvgIpc) is 3.36. The van der Waals surface area contributed by atoms with E-state index in [0.29, 0.717) is 22.4 Å². The van der Waals surface area contributed by atoms with Crippen LogP contribution in [0.25, 0.3) is 33.6 Å². The molecule has 2 heterocycles. The zero-order valence-electron chi connectivity index (χ0n) is 18.8. The molecule has 35 heavy (non-hydrogen) atoms. The monoisotopic (exact) mass is 480 g/mol. The number of nitrogens with one attached hydrogen (secondary N) is 1. The number of ketones is 1. The van der Waals surface area contributed by atoms with Crippen LogP contribution in [0, 0.1) is 0 Å². The van der Waals surface area contributed by atoms with Gasteiger partial charge in [-0.3, -0.25) is 9.59 Å². The Labute approximate surface area is 205 Å². The highest BCUT2D eigenvalue weighted by Gasteiger charge is 2.16. The number of aromatic nitrogens is 3. The Morgan fingerprint density at radius 2 is 1.66 bits per heavy atom. The summed E-state index contributed by atoms with van der Waals surface area (Å²) in [6.45, 7) is 1.50. The van der Waals surface area contributed by atoms with E-state index in [9.17, 15) is 9.59 Å². The number of fused-ring (bicyclic) bond motifs is 1. The molecule has 0 aliphatic rings.